The number of hydrogen-bond donors (Lipinski definition) is 2. The summed E-state index contributed by atoms with van der Waals surface area (Å²) in [6, 6.07) is 12.7. The summed E-state index contributed by atoms with van der Waals surface area (Å²) in [7, 11) is 0. The van der Waals surface area contributed by atoms with Crippen molar-refractivity contribution in [2.75, 3.05) is 6.61 Å². The van der Waals surface area contributed by atoms with E-state index in [0.29, 0.717) is 12.3 Å². The molecule has 0 fully saturated rings. The highest BCUT2D eigenvalue weighted by Crippen LogP contribution is 2.21. The summed E-state index contributed by atoms with van der Waals surface area (Å²) in [5, 5.41) is 5.83. The normalized spacial score (nSPS) is 10.9. The lowest BCUT2D eigenvalue weighted by Crippen LogP contribution is -2.24. The number of hydrogen-bond acceptors (Lipinski definition) is 6. The third-order valence-electron chi connectivity index (χ3n) is 3.77. The molecule has 0 unspecified atom stereocenters. The van der Waals surface area contributed by atoms with Gasteiger partial charge in [-0.1, -0.05) is 31.5 Å². The maximum Gasteiger partial charge on any atom is 0.346 e. The lowest BCUT2D eigenvalue weighted by Gasteiger charge is -2.05. The zero-order chi connectivity index (χ0) is 19.8. The molecule has 0 atom stereocenters. The van der Waals surface area contributed by atoms with Crippen molar-refractivity contribution in [3.63, 3.8) is 0 Å². The van der Waals surface area contributed by atoms with Gasteiger partial charge < -0.3 is 9.72 Å². The van der Waals surface area contributed by atoms with Crippen LogP contribution in [0.1, 0.15) is 35.8 Å². The number of ether oxygens (including phenoxy) is 1. The second-order valence-electron chi connectivity index (χ2n) is 5.94. The van der Waals surface area contributed by atoms with Crippen LogP contribution < -0.4 is 15.9 Å². The first-order valence-electron chi connectivity index (χ1n) is 8.87. The molecule has 1 aromatic carbocycles. The first-order valence-corrected chi connectivity index (χ1v) is 9.75. The Hall–Kier alpha value is -3.26. The summed E-state index contributed by atoms with van der Waals surface area (Å²) >= 11 is 1.46. The van der Waals surface area contributed by atoms with E-state index in [0.717, 1.165) is 29.0 Å². The largest absolute Gasteiger partial charge is 0.494 e. The van der Waals surface area contributed by atoms with Crippen molar-refractivity contribution >= 4 is 23.5 Å². The second-order valence-corrected chi connectivity index (χ2v) is 6.88. The number of benzene rings is 1. The lowest BCUT2D eigenvalue weighted by atomic mass is 10.2. The number of hydrazone groups is 1. The van der Waals surface area contributed by atoms with Gasteiger partial charge in [-0.2, -0.15) is 10.1 Å². The molecule has 3 rings (SSSR count). The van der Waals surface area contributed by atoms with Gasteiger partial charge in [0.05, 0.1) is 23.4 Å². The third kappa shape index (κ3) is 5.37. The maximum absolute atomic E-state index is 12.3. The van der Waals surface area contributed by atoms with Crippen molar-refractivity contribution < 1.29 is 9.53 Å². The summed E-state index contributed by atoms with van der Waals surface area (Å²) < 4.78 is 5.65. The molecular formula is C20H20N4O3S. The molecule has 0 radical (unpaired) electrons. The molecule has 3 aromatic rings. The second kappa shape index (κ2) is 9.61. The Bertz CT molecular complexity index is 1010. The highest BCUT2D eigenvalue weighted by Gasteiger charge is 2.11. The van der Waals surface area contributed by atoms with Gasteiger partial charge in [-0.3, -0.25) is 4.79 Å². The van der Waals surface area contributed by atoms with Crippen LogP contribution in [-0.4, -0.2) is 28.7 Å². The Kier molecular flexibility index (Phi) is 6.69. The Morgan fingerprint density at radius 1 is 1.32 bits per heavy atom. The average molecular weight is 396 g/mol. The molecule has 1 amide bonds. The van der Waals surface area contributed by atoms with E-state index in [1.807, 2.05) is 41.8 Å². The van der Waals surface area contributed by atoms with Gasteiger partial charge in [0.1, 0.15) is 11.4 Å². The van der Waals surface area contributed by atoms with E-state index in [9.17, 15) is 9.59 Å². The minimum atomic E-state index is -0.586. The Morgan fingerprint density at radius 2 is 2.21 bits per heavy atom. The molecule has 0 aliphatic heterocycles. The summed E-state index contributed by atoms with van der Waals surface area (Å²) in [6.45, 7) is 2.77. The molecule has 0 bridgehead atoms. The van der Waals surface area contributed by atoms with E-state index < -0.39 is 11.6 Å². The molecule has 0 aliphatic carbocycles. The van der Waals surface area contributed by atoms with Crippen LogP contribution >= 0.6 is 11.3 Å². The predicted octanol–water partition coefficient (Wildman–Crippen LogP) is 3.44. The fraction of sp³-hybridized carbons (Fsp3) is 0.200. The van der Waals surface area contributed by atoms with Gasteiger partial charge >= 0.3 is 5.69 Å². The fourth-order valence-corrected chi connectivity index (χ4v) is 3.08. The van der Waals surface area contributed by atoms with Crippen molar-refractivity contribution in [1.82, 2.24) is 15.4 Å². The highest BCUT2D eigenvalue weighted by molar-refractivity contribution is 7.13. The molecule has 8 heteroatoms. The molecule has 2 heterocycles. The van der Waals surface area contributed by atoms with Gasteiger partial charge in [0, 0.05) is 0 Å². The van der Waals surface area contributed by atoms with Crippen LogP contribution in [0.5, 0.6) is 5.75 Å². The predicted molar refractivity (Wildman–Crippen MR) is 110 cm³/mol. The van der Waals surface area contributed by atoms with Crippen molar-refractivity contribution in [3.05, 3.63) is 69.6 Å². The topological polar surface area (TPSA) is 96.4 Å². The number of nitrogens with zero attached hydrogens (tertiary/aromatic N) is 2. The molecule has 7 nitrogen and oxygen atoms in total. The number of H-pyrrole nitrogens is 1. The van der Waals surface area contributed by atoms with Gasteiger partial charge in [-0.15, -0.1) is 11.3 Å². The van der Waals surface area contributed by atoms with Crippen LogP contribution in [0.3, 0.4) is 0 Å². The van der Waals surface area contributed by atoms with Crippen LogP contribution in [0.25, 0.3) is 10.6 Å². The number of carbonyl (C=O) groups excluding carboxylic acids is 1. The minimum Gasteiger partial charge on any atom is -0.494 e. The zero-order valence-electron chi connectivity index (χ0n) is 15.3. The van der Waals surface area contributed by atoms with E-state index in [4.69, 9.17) is 4.74 Å². The average Bonchev–Trinajstić information content (AvgIpc) is 3.23. The standard InChI is InChI=1S/C20H20N4O3S/c1-2-3-9-27-15-7-4-6-14(11-15)13-21-24-19(25)17-12-16(22-20(26)23-17)18-8-5-10-28-18/h4-8,10-13H,2-3,9H2,1H3,(H,24,25)(H,22,23,26)/b21-13+. The van der Waals surface area contributed by atoms with E-state index in [1.165, 1.54) is 23.6 Å². The first-order chi connectivity index (χ1) is 13.7. The molecule has 0 spiro atoms. The summed E-state index contributed by atoms with van der Waals surface area (Å²) in [5.41, 5.74) is 3.14. The number of carbonyl (C=O) groups is 1. The van der Waals surface area contributed by atoms with Crippen molar-refractivity contribution in [1.29, 1.82) is 0 Å². The van der Waals surface area contributed by atoms with Crippen molar-refractivity contribution in [2.24, 2.45) is 5.10 Å². The van der Waals surface area contributed by atoms with Gasteiger partial charge in [0.2, 0.25) is 0 Å². The van der Waals surface area contributed by atoms with Gasteiger partial charge in [-0.25, -0.2) is 10.2 Å². The first kappa shape index (κ1) is 19.5. The quantitative estimate of drug-likeness (QED) is 0.346. The molecule has 28 heavy (non-hydrogen) atoms. The van der Waals surface area contributed by atoms with Crippen LogP contribution in [0.15, 0.2) is 57.7 Å². The van der Waals surface area contributed by atoms with E-state index in [1.54, 1.807) is 0 Å². The lowest BCUT2D eigenvalue weighted by molar-refractivity contribution is 0.0949. The molecule has 2 aromatic heterocycles. The number of rotatable bonds is 8. The maximum atomic E-state index is 12.3. The Labute approximate surface area is 166 Å². The van der Waals surface area contributed by atoms with Crippen molar-refractivity contribution in [2.45, 2.75) is 19.8 Å². The molecule has 0 saturated carbocycles. The van der Waals surface area contributed by atoms with Gasteiger partial charge in [0.25, 0.3) is 5.91 Å². The Morgan fingerprint density at radius 3 is 3.00 bits per heavy atom. The summed E-state index contributed by atoms with van der Waals surface area (Å²) in [6.07, 6.45) is 3.57. The van der Waals surface area contributed by atoms with Gasteiger partial charge in [-0.05, 0) is 41.6 Å². The molecular weight excluding hydrogens is 376 g/mol. The molecule has 0 saturated heterocycles. The summed E-state index contributed by atoms with van der Waals surface area (Å²) in [4.78, 5) is 31.2. The molecule has 0 aliphatic rings. The third-order valence-corrected chi connectivity index (χ3v) is 4.67. The number of amides is 1. The number of unbranched alkanes of at least 4 members (excludes halogenated alkanes) is 1. The smallest absolute Gasteiger partial charge is 0.346 e. The van der Waals surface area contributed by atoms with Crippen LogP contribution in [0, 0.1) is 0 Å². The molecule has 2 N–H and O–H groups in total. The molecule has 144 valence electrons. The van der Waals surface area contributed by atoms with Crippen LogP contribution in [0.2, 0.25) is 0 Å². The zero-order valence-corrected chi connectivity index (χ0v) is 16.2. The number of aromatic amines is 1. The van der Waals surface area contributed by atoms with Crippen LogP contribution in [-0.2, 0) is 0 Å². The van der Waals surface area contributed by atoms with E-state index in [-0.39, 0.29) is 5.69 Å². The summed E-state index contributed by atoms with van der Waals surface area (Å²) in [5.74, 6) is 0.191. The number of nitrogens with one attached hydrogen (secondary N) is 2. The van der Waals surface area contributed by atoms with Crippen molar-refractivity contribution in [3.8, 4) is 16.3 Å². The number of aromatic nitrogens is 2. The highest BCUT2D eigenvalue weighted by atomic mass is 32.1. The van der Waals surface area contributed by atoms with E-state index in [2.05, 4.69) is 27.4 Å². The fourth-order valence-electron chi connectivity index (χ4n) is 2.38. The van der Waals surface area contributed by atoms with E-state index >= 15 is 0 Å². The monoisotopic (exact) mass is 396 g/mol. The Balaban J connectivity index is 1.66. The number of thiophene rings is 1. The van der Waals surface area contributed by atoms with Gasteiger partial charge in [0.15, 0.2) is 0 Å². The SMILES string of the molecule is CCCCOc1cccc(/C=N/NC(=O)c2cc(-c3cccs3)[nH]c(=O)n2)c1. The van der Waals surface area contributed by atoms with Crippen LogP contribution in [0.4, 0.5) is 0 Å². The minimum absolute atomic E-state index is 0.000879.